The first kappa shape index (κ1) is 12.6. The molecule has 1 heterocycles. The number of ether oxygens (including phenoxy) is 2. The lowest BCUT2D eigenvalue weighted by atomic mass is 10.2. The van der Waals surface area contributed by atoms with E-state index in [1.165, 1.54) is 0 Å². The fourth-order valence-corrected chi connectivity index (χ4v) is 1.57. The first-order chi connectivity index (χ1) is 8.81. The normalized spacial score (nSPS) is 10.1. The van der Waals surface area contributed by atoms with Gasteiger partial charge in [0.25, 0.3) is 0 Å². The van der Waals surface area contributed by atoms with Gasteiger partial charge in [-0.25, -0.2) is 4.98 Å². The lowest BCUT2D eigenvalue weighted by molar-refractivity contribution is 0.291. The monoisotopic (exact) mass is 264 g/mol. The maximum Gasteiger partial charge on any atom is 0.232 e. The van der Waals surface area contributed by atoms with Crippen molar-refractivity contribution in [3.63, 3.8) is 0 Å². The van der Waals surface area contributed by atoms with Crippen LogP contribution in [-0.4, -0.2) is 17.1 Å². The van der Waals surface area contributed by atoms with Gasteiger partial charge >= 0.3 is 0 Å². The smallest absolute Gasteiger partial charge is 0.232 e. The van der Waals surface area contributed by atoms with Gasteiger partial charge in [0.2, 0.25) is 5.88 Å². The van der Waals surface area contributed by atoms with E-state index in [9.17, 15) is 0 Å². The highest BCUT2D eigenvalue weighted by Gasteiger charge is 2.01. The summed E-state index contributed by atoms with van der Waals surface area (Å²) in [5.41, 5.74) is 1.70. The van der Waals surface area contributed by atoms with Crippen LogP contribution in [0, 0.1) is 0 Å². The Morgan fingerprint density at radius 2 is 2.17 bits per heavy atom. The second-order valence-electron chi connectivity index (χ2n) is 3.62. The van der Waals surface area contributed by atoms with Crippen molar-refractivity contribution in [3.05, 3.63) is 47.9 Å². The summed E-state index contributed by atoms with van der Waals surface area (Å²) in [7, 11) is 1.63. The predicted molar refractivity (Wildman–Crippen MR) is 68.9 cm³/mol. The van der Waals surface area contributed by atoms with Gasteiger partial charge in [0.05, 0.1) is 24.9 Å². The van der Waals surface area contributed by atoms with Crippen LogP contribution >= 0.6 is 11.6 Å². The average Bonchev–Trinajstić information content (AvgIpc) is 2.45. The molecule has 18 heavy (non-hydrogen) atoms. The van der Waals surface area contributed by atoms with Crippen molar-refractivity contribution in [1.82, 2.24) is 9.97 Å². The van der Waals surface area contributed by atoms with Gasteiger partial charge in [0.1, 0.15) is 12.4 Å². The maximum absolute atomic E-state index is 5.68. The van der Waals surface area contributed by atoms with E-state index in [2.05, 4.69) is 9.97 Å². The van der Waals surface area contributed by atoms with Crippen LogP contribution in [0.4, 0.5) is 0 Å². The fraction of sp³-hybridized carbons (Fsp3) is 0.231. The predicted octanol–water partition coefficient (Wildman–Crippen LogP) is 2.80. The van der Waals surface area contributed by atoms with Crippen molar-refractivity contribution >= 4 is 11.6 Å². The van der Waals surface area contributed by atoms with Crippen molar-refractivity contribution in [2.24, 2.45) is 0 Å². The van der Waals surface area contributed by atoms with Crippen molar-refractivity contribution in [3.8, 4) is 11.6 Å². The van der Waals surface area contributed by atoms with Crippen molar-refractivity contribution in [1.29, 1.82) is 0 Å². The molecule has 0 fully saturated rings. The summed E-state index contributed by atoms with van der Waals surface area (Å²) in [5.74, 6) is 1.59. The molecule has 4 nitrogen and oxygen atoms in total. The zero-order valence-corrected chi connectivity index (χ0v) is 10.7. The number of rotatable bonds is 5. The maximum atomic E-state index is 5.68. The molecule has 0 radical (unpaired) electrons. The second-order valence-corrected chi connectivity index (χ2v) is 3.89. The SMILES string of the molecule is COc1cccc(COc2cncc(CCl)n2)c1. The Hall–Kier alpha value is -1.81. The van der Waals surface area contributed by atoms with E-state index < -0.39 is 0 Å². The Balaban J connectivity index is 2.01. The van der Waals surface area contributed by atoms with E-state index >= 15 is 0 Å². The zero-order valence-electron chi connectivity index (χ0n) is 9.97. The number of hydrogen-bond acceptors (Lipinski definition) is 4. The third-order valence-electron chi connectivity index (χ3n) is 2.32. The van der Waals surface area contributed by atoms with E-state index in [1.807, 2.05) is 24.3 Å². The zero-order chi connectivity index (χ0) is 12.8. The van der Waals surface area contributed by atoms with Crippen LogP contribution in [0.5, 0.6) is 11.6 Å². The van der Waals surface area contributed by atoms with Crippen molar-refractivity contribution in [2.75, 3.05) is 7.11 Å². The number of aromatic nitrogens is 2. The Labute approximate surface area is 111 Å². The third-order valence-corrected chi connectivity index (χ3v) is 2.59. The molecule has 0 N–H and O–H groups in total. The highest BCUT2D eigenvalue weighted by molar-refractivity contribution is 6.16. The van der Waals surface area contributed by atoms with Gasteiger partial charge in [0.15, 0.2) is 0 Å². The Morgan fingerprint density at radius 1 is 1.28 bits per heavy atom. The highest BCUT2D eigenvalue weighted by atomic mass is 35.5. The summed E-state index contributed by atoms with van der Waals surface area (Å²) in [6.45, 7) is 0.414. The molecule has 0 bridgehead atoms. The fourth-order valence-electron chi connectivity index (χ4n) is 1.44. The number of methoxy groups -OCH3 is 1. The second kappa shape index (κ2) is 6.21. The van der Waals surface area contributed by atoms with Gasteiger partial charge in [-0.15, -0.1) is 11.6 Å². The first-order valence-electron chi connectivity index (χ1n) is 5.44. The third kappa shape index (κ3) is 3.34. The van der Waals surface area contributed by atoms with Crippen LogP contribution in [-0.2, 0) is 12.5 Å². The van der Waals surface area contributed by atoms with E-state index in [4.69, 9.17) is 21.1 Å². The molecule has 0 aliphatic heterocycles. The number of alkyl halides is 1. The van der Waals surface area contributed by atoms with Crippen molar-refractivity contribution in [2.45, 2.75) is 12.5 Å². The minimum atomic E-state index is 0.323. The van der Waals surface area contributed by atoms with E-state index in [1.54, 1.807) is 19.5 Å². The summed E-state index contributed by atoms with van der Waals surface area (Å²) in [6.07, 6.45) is 3.18. The highest BCUT2D eigenvalue weighted by Crippen LogP contribution is 2.15. The van der Waals surface area contributed by atoms with E-state index in [-0.39, 0.29) is 0 Å². The van der Waals surface area contributed by atoms with Gasteiger partial charge in [-0.3, -0.25) is 4.98 Å². The van der Waals surface area contributed by atoms with Crippen LogP contribution in [0.3, 0.4) is 0 Å². The number of benzene rings is 1. The summed E-state index contributed by atoms with van der Waals surface area (Å²) in [4.78, 5) is 8.21. The molecule has 1 aromatic carbocycles. The van der Waals surface area contributed by atoms with Crippen molar-refractivity contribution < 1.29 is 9.47 Å². The van der Waals surface area contributed by atoms with Crippen LogP contribution in [0.2, 0.25) is 0 Å². The average molecular weight is 265 g/mol. The van der Waals surface area contributed by atoms with E-state index in [0.29, 0.717) is 24.1 Å². The van der Waals surface area contributed by atoms with Crippen LogP contribution < -0.4 is 9.47 Å². The van der Waals surface area contributed by atoms with Gasteiger partial charge < -0.3 is 9.47 Å². The summed E-state index contributed by atoms with van der Waals surface area (Å²) in [6, 6.07) is 7.68. The molecule has 0 aliphatic carbocycles. The molecule has 0 atom stereocenters. The molecule has 0 saturated carbocycles. The largest absolute Gasteiger partial charge is 0.497 e. The number of halogens is 1. The first-order valence-corrected chi connectivity index (χ1v) is 5.98. The topological polar surface area (TPSA) is 44.2 Å². The standard InChI is InChI=1S/C13H13ClN2O2/c1-17-12-4-2-3-10(5-12)9-18-13-8-15-7-11(6-14)16-13/h2-5,7-8H,6,9H2,1H3. The lowest BCUT2D eigenvalue weighted by Gasteiger charge is -2.07. The molecule has 2 aromatic rings. The minimum absolute atomic E-state index is 0.323. The quantitative estimate of drug-likeness (QED) is 0.779. The lowest BCUT2D eigenvalue weighted by Crippen LogP contribution is -1.99. The minimum Gasteiger partial charge on any atom is -0.497 e. The Morgan fingerprint density at radius 3 is 2.94 bits per heavy atom. The van der Waals surface area contributed by atoms with Crippen LogP contribution in [0.15, 0.2) is 36.7 Å². The molecular weight excluding hydrogens is 252 g/mol. The molecule has 1 aromatic heterocycles. The Bertz CT molecular complexity index is 472. The van der Waals surface area contributed by atoms with Gasteiger partial charge in [-0.1, -0.05) is 12.1 Å². The van der Waals surface area contributed by atoms with Gasteiger partial charge in [0, 0.05) is 6.20 Å². The molecule has 94 valence electrons. The van der Waals surface area contributed by atoms with Crippen LogP contribution in [0.25, 0.3) is 0 Å². The van der Waals surface area contributed by atoms with Gasteiger partial charge in [-0.2, -0.15) is 0 Å². The Kier molecular flexibility index (Phi) is 4.36. The molecule has 0 unspecified atom stereocenters. The summed E-state index contributed by atoms with van der Waals surface area (Å²) in [5, 5.41) is 0. The summed E-state index contributed by atoms with van der Waals surface area (Å²) >= 11 is 5.68. The molecule has 0 amide bonds. The molecule has 0 spiro atoms. The molecule has 2 rings (SSSR count). The van der Waals surface area contributed by atoms with E-state index in [0.717, 1.165) is 11.3 Å². The molecule has 0 saturated heterocycles. The van der Waals surface area contributed by atoms with Gasteiger partial charge in [-0.05, 0) is 17.7 Å². The number of nitrogens with zero attached hydrogens (tertiary/aromatic N) is 2. The van der Waals surface area contributed by atoms with Crippen LogP contribution in [0.1, 0.15) is 11.3 Å². The molecule has 0 aliphatic rings. The summed E-state index contributed by atoms with van der Waals surface area (Å²) < 4.78 is 10.7. The molecular formula is C13H13ClN2O2. The molecule has 5 heteroatoms. The number of hydrogen-bond donors (Lipinski definition) is 0.